The highest BCUT2D eigenvalue weighted by Gasteiger charge is 2.36. The normalized spacial score (nSPS) is 19.0. The van der Waals surface area contributed by atoms with E-state index in [9.17, 15) is 9.59 Å². The number of benzene rings is 2. The fraction of sp³-hybridized carbons (Fsp3) is 0.440. The number of carbonyl (C=O) groups excluding carboxylic acids is 2. The predicted molar refractivity (Wildman–Crippen MR) is 122 cm³/mol. The lowest BCUT2D eigenvalue weighted by molar-refractivity contribution is -0.135. The van der Waals surface area contributed by atoms with Gasteiger partial charge in [0.15, 0.2) is 0 Å². The van der Waals surface area contributed by atoms with Crippen LogP contribution in [0.2, 0.25) is 0 Å². The number of morpholine rings is 1. The molecule has 1 unspecified atom stereocenters. The fourth-order valence-electron chi connectivity index (χ4n) is 4.33. The molecule has 31 heavy (non-hydrogen) atoms. The van der Waals surface area contributed by atoms with Gasteiger partial charge in [0.05, 0.1) is 19.1 Å². The minimum Gasteiger partial charge on any atom is -0.378 e. The van der Waals surface area contributed by atoms with Crippen LogP contribution in [0.15, 0.2) is 48.5 Å². The third-order valence-electron chi connectivity index (χ3n) is 6.24. The molecular formula is C25H31N3O3. The van der Waals surface area contributed by atoms with Gasteiger partial charge in [0.2, 0.25) is 11.8 Å². The van der Waals surface area contributed by atoms with Crippen molar-refractivity contribution in [2.45, 2.75) is 26.3 Å². The van der Waals surface area contributed by atoms with Crippen LogP contribution in [-0.2, 0) is 27.3 Å². The number of anilines is 2. The lowest BCUT2D eigenvalue weighted by Crippen LogP contribution is -2.36. The number of carbonyl (C=O) groups is 2. The summed E-state index contributed by atoms with van der Waals surface area (Å²) in [7, 11) is 1.82. The Hall–Kier alpha value is -2.86. The first kappa shape index (κ1) is 21.4. The first-order valence-corrected chi connectivity index (χ1v) is 11.1. The lowest BCUT2D eigenvalue weighted by Gasteiger charge is -2.29. The Morgan fingerprint density at radius 3 is 2.26 bits per heavy atom. The summed E-state index contributed by atoms with van der Waals surface area (Å²) in [6.45, 7) is 6.44. The van der Waals surface area contributed by atoms with Gasteiger partial charge >= 0.3 is 0 Å². The number of hydrogen-bond donors (Lipinski definition) is 0. The molecule has 0 bridgehead atoms. The molecule has 2 amide bonds. The molecule has 2 aliphatic heterocycles. The van der Waals surface area contributed by atoms with Gasteiger partial charge in [0.1, 0.15) is 0 Å². The standard InChI is InChI=1S/C25H31N3O3/c1-3-19-4-10-23(11-5-19)28-18-21(16-24(28)29)25(30)26(2)17-20-6-8-22(9-7-20)27-12-14-31-15-13-27/h4-11,21H,3,12-18H2,1-2H3. The van der Waals surface area contributed by atoms with E-state index >= 15 is 0 Å². The first-order valence-electron chi connectivity index (χ1n) is 11.1. The summed E-state index contributed by atoms with van der Waals surface area (Å²) in [5.74, 6) is -0.250. The van der Waals surface area contributed by atoms with Crippen LogP contribution in [0.5, 0.6) is 0 Å². The smallest absolute Gasteiger partial charge is 0.228 e. The monoisotopic (exact) mass is 421 g/mol. The van der Waals surface area contributed by atoms with E-state index in [-0.39, 0.29) is 24.2 Å². The largest absolute Gasteiger partial charge is 0.378 e. The molecule has 0 aromatic heterocycles. The van der Waals surface area contributed by atoms with Gasteiger partial charge < -0.3 is 19.4 Å². The molecule has 2 aromatic rings. The van der Waals surface area contributed by atoms with Crippen LogP contribution < -0.4 is 9.80 Å². The van der Waals surface area contributed by atoms with Gasteiger partial charge in [-0.3, -0.25) is 9.59 Å². The van der Waals surface area contributed by atoms with Gasteiger partial charge in [-0.25, -0.2) is 0 Å². The lowest BCUT2D eigenvalue weighted by atomic mass is 10.1. The molecule has 4 rings (SSSR count). The quantitative estimate of drug-likeness (QED) is 0.719. The Balaban J connectivity index is 1.35. The molecule has 0 aliphatic carbocycles. The number of amides is 2. The van der Waals surface area contributed by atoms with Crippen molar-refractivity contribution in [2.24, 2.45) is 5.92 Å². The highest BCUT2D eigenvalue weighted by Crippen LogP contribution is 2.27. The maximum atomic E-state index is 13.0. The maximum absolute atomic E-state index is 13.0. The predicted octanol–water partition coefficient (Wildman–Crippen LogP) is 3.10. The molecule has 0 spiro atoms. The van der Waals surface area contributed by atoms with Gasteiger partial charge in [0.25, 0.3) is 0 Å². The highest BCUT2D eigenvalue weighted by molar-refractivity contribution is 6.00. The highest BCUT2D eigenvalue weighted by atomic mass is 16.5. The van der Waals surface area contributed by atoms with Crippen molar-refractivity contribution in [1.29, 1.82) is 0 Å². The number of ether oxygens (including phenoxy) is 1. The summed E-state index contributed by atoms with van der Waals surface area (Å²) < 4.78 is 5.41. The molecule has 6 nitrogen and oxygen atoms in total. The van der Waals surface area contributed by atoms with E-state index in [4.69, 9.17) is 4.74 Å². The zero-order valence-corrected chi connectivity index (χ0v) is 18.4. The molecule has 164 valence electrons. The number of hydrogen-bond acceptors (Lipinski definition) is 4. The van der Waals surface area contributed by atoms with Crippen LogP contribution in [0, 0.1) is 5.92 Å². The second-order valence-electron chi connectivity index (χ2n) is 8.39. The molecule has 2 aromatic carbocycles. The molecule has 0 radical (unpaired) electrons. The summed E-state index contributed by atoms with van der Waals surface area (Å²) in [5.41, 5.74) is 4.39. The van der Waals surface area contributed by atoms with E-state index in [0.29, 0.717) is 13.1 Å². The van der Waals surface area contributed by atoms with Crippen LogP contribution >= 0.6 is 0 Å². The summed E-state index contributed by atoms with van der Waals surface area (Å²) in [6, 6.07) is 16.4. The summed E-state index contributed by atoms with van der Waals surface area (Å²) in [6.07, 6.45) is 1.24. The van der Waals surface area contributed by atoms with Crippen LogP contribution in [0.3, 0.4) is 0 Å². The van der Waals surface area contributed by atoms with E-state index in [0.717, 1.165) is 44.0 Å². The van der Waals surface area contributed by atoms with E-state index < -0.39 is 0 Å². The summed E-state index contributed by atoms with van der Waals surface area (Å²) >= 11 is 0. The van der Waals surface area contributed by atoms with Crippen molar-refractivity contribution < 1.29 is 14.3 Å². The van der Waals surface area contributed by atoms with Crippen LogP contribution in [0.1, 0.15) is 24.5 Å². The van der Waals surface area contributed by atoms with E-state index in [1.54, 1.807) is 9.80 Å². The van der Waals surface area contributed by atoms with E-state index in [2.05, 4.69) is 36.1 Å². The number of nitrogens with zero attached hydrogens (tertiary/aromatic N) is 3. The second-order valence-corrected chi connectivity index (χ2v) is 8.39. The Kier molecular flexibility index (Phi) is 6.56. The van der Waals surface area contributed by atoms with Crippen molar-refractivity contribution in [3.63, 3.8) is 0 Å². The molecule has 1 atom stereocenters. The third-order valence-corrected chi connectivity index (χ3v) is 6.24. The Bertz CT molecular complexity index is 905. The summed E-state index contributed by atoms with van der Waals surface area (Å²) in [5, 5.41) is 0. The molecule has 0 saturated carbocycles. The molecular weight excluding hydrogens is 390 g/mol. The minimum absolute atomic E-state index is 0.0193. The Morgan fingerprint density at radius 1 is 1.00 bits per heavy atom. The molecule has 2 heterocycles. The zero-order valence-electron chi connectivity index (χ0n) is 18.4. The van der Waals surface area contributed by atoms with Crippen LogP contribution in [0.4, 0.5) is 11.4 Å². The van der Waals surface area contributed by atoms with Crippen LogP contribution in [0.25, 0.3) is 0 Å². The average molecular weight is 422 g/mol. The van der Waals surface area contributed by atoms with E-state index in [1.807, 2.05) is 31.3 Å². The first-order chi connectivity index (χ1) is 15.0. The third kappa shape index (κ3) is 4.90. The average Bonchev–Trinajstić information content (AvgIpc) is 3.21. The van der Waals surface area contributed by atoms with Gasteiger partial charge in [-0.2, -0.15) is 0 Å². The zero-order chi connectivity index (χ0) is 21.8. The molecule has 2 fully saturated rings. The fourth-order valence-corrected chi connectivity index (χ4v) is 4.33. The summed E-state index contributed by atoms with van der Waals surface area (Å²) in [4.78, 5) is 31.4. The van der Waals surface area contributed by atoms with Gasteiger partial charge in [-0.05, 0) is 41.8 Å². The van der Waals surface area contributed by atoms with Gasteiger partial charge in [-0.15, -0.1) is 0 Å². The van der Waals surface area contributed by atoms with Crippen molar-refractivity contribution in [3.05, 3.63) is 59.7 Å². The molecule has 2 saturated heterocycles. The SMILES string of the molecule is CCc1ccc(N2CC(C(=O)N(C)Cc3ccc(N4CCOCC4)cc3)CC2=O)cc1. The van der Waals surface area contributed by atoms with Crippen molar-refractivity contribution in [1.82, 2.24) is 4.90 Å². The van der Waals surface area contributed by atoms with Crippen LogP contribution in [-0.4, -0.2) is 56.6 Å². The Morgan fingerprint density at radius 2 is 1.61 bits per heavy atom. The number of rotatable bonds is 6. The minimum atomic E-state index is -0.295. The van der Waals surface area contributed by atoms with Crippen molar-refractivity contribution in [2.75, 3.05) is 49.7 Å². The second kappa shape index (κ2) is 9.52. The number of aryl methyl sites for hydroxylation is 1. The van der Waals surface area contributed by atoms with Gasteiger partial charge in [0, 0.05) is 51.0 Å². The van der Waals surface area contributed by atoms with Gasteiger partial charge in [-0.1, -0.05) is 31.2 Å². The molecule has 0 N–H and O–H groups in total. The molecule has 2 aliphatic rings. The topological polar surface area (TPSA) is 53.1 Å². The van der Waals surface area contributed by atoms with Crippen molar-refractivity contribution in [3.8, 4) is 0 Å². The van der Waals surface area contributed by atoms with E-state index in [1.165, 1.54) is 11.3 Å². The van der Waals surface area contributed by atoms with Crippen molar-refractivity contribution >= 4 is 23.2 Å². The maximum Gasteiger partial charge on any atom is 0.228 e. The molecule has 6 heteroatoms. The Labute approximate surface area is 184 Å².